The number of allylic oxidation sites excluding steroid dienone is 2. The Bertz CT molecular complexity index is 928. The standard InChI is InChI=1S/C22H21NO4/c1-2-13-23(14-5-8-20(23)22(26)27)15-16-9-11-17(12-10-16)18-6-3-4-7-19(18)21(24)25/h3-12,14H,2,13,15H2,1H3,(H-,24,25,26,27)/p+1. The number of aromatic carboxylic acids is 1. The third-order valence-corrected chi connectivity index (χ3v) is 4.83. The molecule has 2 aromatic rings. The lowest BCUT2D eigenvalue weighted by atomic mass is 9.98. The van der Waals surface area contributed by atoms with Gasteiger partial charge in [0, 0.05) is 11.6 Å². The molecule has 0 saturated carbocycles. The highest BCUT2D eigenvalue weighted by Crippen LogP contribution is 2.30. The lowest BCUT2D eigenvalue weighted by Crippen LogP contribution is -2.42. The van der Waals surface area contributed by atoms with Crippen molar-refractivity contribution in [3.05, 3.63) is 83.7 Å². The van der Waals surface area contributed by atoms with Crippen molar-refractivity contribution in [1.82, 2.24) is 0 Å². The lowest BCUT2D eigenvalue weighted by molar-refractivity contribution is -0.849. The third-order valence-electron chi connectivity index (χ3n) is 4.83. The van der Waals surface area contributed by atoms with Crippen LogP contribution in [-0.2, 0) is 11.3 Å². The highest BCUT2D eigenvalue weighted by atomic mass is 16.4. The van der Waals surface area contributed by atoms with E-state index < -0.39 is 11.9 Å². The molecule has 1 atom stereocenters. The van der Waals surface area contributed by atoms with Crippen molar-refractivity contribution in [2.75, 3.05) is 6.54 Å². The predicted molar refractivity (Wildman–Crippen MR) is 103 cm³/mol. The van der Waals surface area contributed by atoms with Gasteiger partial charge in [0.1, 0.15) is 12.7 Å². The van der Waals surface area contributed by atoms with Gasteiger partial charge in [-0.05, 0) is 29.7 Å². The molecule has 0 bridgehead atoms. The summed E-state index contributed by atoms with van der Waals surface area (Å²) in [6.45, 7) is 3.29. The second kappa shape index (κ2) is 7.60. The van der Waals surface area contributed by atoms with Crippen LogP contribution in [0.5, 0.6) is 0 Å². The van der Waals surface area contributed by atoms with E-state index in [-0.39, 0.29) is 10.0 Å². The monoisotopic (exact) mass is 364 g/mol. The molecule has 2 N–H and O–H groups in total. The normalized spacial score (nSPS) is 18.3. The molecule has 0 radical (unpaired) electrons. The maximum absolute atomic E-state index is 11.6. The molecule has 1 aliphatic heterocycles. The summed E-state index contributed by atoms with van der Waals surface area (Å²) >= 11 is 0. The first kappa shape index (κ1) is 18.6. The van der Waals surface area contributed by atoms with E-state index in [0.717, 1.165) is 17.5 Å². The quantitative estimate of drug-likeness (QED) is 0.719. The zero-order valence-electron chi connectivity index (χ0n) is 15.1. The van der Waals surface area contributed by atoms with E-state index in [2.05, 4.69) is 0 Å². The van der Waals surface area contributed by atoms with Crippen LogP contribution in [0.3, 0.4) is 0 Å². The summed E-state index contributed by atoms with van der Waals surface area (Å²) in [4.78, 5) is 23.1. The van der Waals surface area contributed by atoms with Crippen molar-refractivity contribution in [2.24, 2.45) is 0 Å². The van der Waals surface area contributed by atoms with Gasteiger partial charge in [0.05, 0.1) is 12.1 Å². The Labute approximate surface area is 158 Å². The molecular formula is C22H22NO4+. The van der Waals surface area contributed by atoms with Crippen molar-refractivity contribution in [3.63, 3.8) is 0 Å². The lowest BCUT2D eigenvalue weighted by Gasteiger charge is -2.32. The molecule has 27 heavy (non-hydrogen) atoms. The average molecular weight is 364 g/mol. The van der Waals surface area contributed by atoms with Gasteiger partial charge < -0.3 is 10.2 Å². The maximum atomic E-state index is 11.6. The molecule has 5 heteroatoms. The van der Waals surface area contributed by atoms with Gasteiger partial charge in [-0.1, -0.05) is 49.4 Å². The summed E-state index contributed by atoms with van der Waals surface area (Å²) in [5.41, 5.74) is 3.13. The molecule has 5 nitrogen and oxygen atoms in total. The van der Waals surface area contributed by atoms with Gasteiger partial charge in [0.25, 0.3) is 0 Å². The van der Waals surface area contributed by atoms with Gasteiger partial charge in [-0.2, -0.15) is 0 Å². The summed E-state index contributed by atoms with van der Waals surface area (Å²) in [6.07, 6.45) is 6.26. The third kappa shape index (κ3) is 3.68. The maximum Gasteiger partial charge on any atom is 0.390 e. The van der Waals surface area contributed by atoms with Crippen LogP contribution in [0, 0.1) is 0 Å². The molecule has 2 aromatic carbocycles. The number of carboxylic acids is 2. The predicted octanol–water partition coefficient (Wildman–Crippen LogP) is 4.27. The van der Waals surface area contributed by atoms with Gasteiger partial charge >= 0.3 is 11.9 Å². The van der Waals surface area contributed by atoms with Crippen LogP contribution in [-0.4, -0.2) is 33.2 Å². The van der Waals surface area contributed by atoms with Crippen LogP contribution < -0.4 is 0 Å². The fourth-order valence-electron chi connectivity index (χ4n) is 3.64. The molecule has 138 valence electrons. The fourth-order valence-corrected chi connectivity index (χ4v) is 3.64. The Morgan fingerprint density at radius 2 is 1.67 bits per heavy atom. The van der Waals surface area contributed by atoms with Gasteiger partial charge in [0.2, 0.25) is 5.70 Å². The second-order valence-corrected chi connectivity index (χ2v) is 6.66. The van der Waals surface area contributed by atoms with Crippen molar-refractivity contribution in [1.29, 1.82) is 0 Å². The van der Waals surface area contributed by atoms with Gasteiger partial charge in [-0.15, -0.1) is 0 Å². The molecule has 0 fully saturated rings. The van der Waals surface area contributed by atoms with Crippen LogP contribution in [0.25, 0.3) is 11.1 Å². The van der Waals surface area contributed by atoms with E-state index in [1.807, 2.05) is 43.5 Å². The highest BCUT2D eigenvalue weighted by Gasteiger charge is 2.37. The number of quaternary nitrogens is 1. The Kier molecular flexibility index (Phi) is 5.23. The molecule has 0 amide bonds. The first-order chi connectivity index (χ1) is 13.0. The molecule has 3 rings (SSSR count). The summed E-state index contributed by atoms with van der Waals surface area (Å²) in [7, 11) is 0. The first-order valence-electron chi connectivity index (χ1n) is 8.88. The smallest absolute Gasteiger partial charge is 0.390 e. The summed E-state index contributed by atoms with van der Waals surface area (Å²) in [6, 6.07) is 14.6. The van der Waals surface area contributed by atoms with Gasteiger partial charge in [-0.3, -0.25) is 4.48 Å². The van der Waals surface area contributed by atoms with Crippen LogP contribution >= 0.6 is 0 Å². The minimum absolute atomic E-state index is 0.262. The summed E-state index contributed by atoms with van der Waals surface area (Å²) in [5, 5.41) is 18.9. The molecule has 1 aliphatic rings. The Morgan fingerprint density at radius 1 is 0.963 bits per heavy atom. The largest absolute Gasteiger partial charge is 0.478 e. The minimum atomic E-state index is -0.958. The van der Waals surface area contributed by atoms with Crippen LogP contribution in [0.2, 0.25) is 0 Å². The summed E-state index contributed by atoms with van der Waals surface area (Å²) in [5.74, 6) is -1.86. The molecule has 1 unspecified atom stereocenters. The topological polar surface area (TPSA) is 74.6 Å². The number of benzene rings is 2. The molecule has 0 aliphatic carbocycles. The zero-order valence-corrected chi connectivity index (χ0v) is 15.1. The van der Waals surface area contributed by atoms with E-state index >= 15 is 0 Å². The average Bonchev–Trinajstić information content (AvgIpc) is 3.06. The zero-order chi connectivity index (χ0) is 19.4. The van der Waals surface area contributed by atoms with Crippen molar-refractivity contribution in [3.8, 4) is 11.1 Å². The molecular weight excluding hydrogens is 342 g/mol. The van der Waals surface area contributed by atoms with Crippen molar-refractivity contribution in [2.45, 2.75) is 19.9 Å². The summed E-state index contributed by atoms with van der Waals surface area (Å²) < 4.78 is 0.289. The number of hydrogen-bond donors (Lipinski definition) is 2. The number of carbonyl (C=O) groups is 2. The van der Waals surface area contributed by atoms with E-state index in [9.17, 15) is 19.8 Å². The van der Waals surface area contributed by atoms with Crippen molar-refractivity contribution >= 4 is 11.9 Å². The van der Waals surface area contributed by atoms with Crippen LogP contribution in [0.1, 0.15) is 29.3 Å². The first-order valence-corrected chi connectivity index (χ1v) is 8.88. The van der Waals surface area contributed by atoms with Crippen LogP contribution in [0.15, 0.2) is 72.6 Å². The number of aliphatic carboxylic acids is 1. The van der Waals surface area contributed by atoms with Crippen molar-refractivity contribution < 1.29 is 24.3 Å². The number of hydrogen-bond acceptors (Lipinski definition) is 2. The number of nitrogens with zero attached hydrogens (tertiary/aromatic N) is 1. The van der Waals surface area contributed by atoms with E-state index in [0.29, 0.717) is 24.4 Å². The second-order valence-electron chi connectivity index (χ2n) is 6.66. The molecule has 0 saturated heterocycles. The Hall–Kier alpha value is -3.18. The Morgan fingerprint density at radius 3 is 2.30 bits per heavy atom. The SMILES string of the molecule is CCC[N+]1(Cc2ccc(-c3ccccc3C(=O)O)cc2)C=CC=C1C(=O)O. The van der Waals surface area contributed by atoms with E-state index in [1.165, 1.54) is 0 Å². The fraction of sp³-hybridized carbons (Fsp3) is 0.182. The minimum Gasteiger partial charge on any atom is -0.478 e. The van der Waals surface area contributed by atoms with E-state index in [4.69, 9.17) is 0 Å². The molecule has 1 heterocycles. The molecule has 0 aromatic heterocycles. The van der Waals surface area contributed by atoms with Gasteiger partial charge in [-0.25, -0.2) is 9.59 Å². The Balaban J connectivity index is 1.90. The van der Waals surface area contributed by atoms with Gasteiger partial charge in [0.15, 0.2) is 0 Å². The molecule has 0 spiro atoms. The highest BCUT2D eigenvalue weighted by molar-refractivity contribution is 5.96. The van der Waals surface area contributed by atoms with E-state index in [1.54, 1.807) is 30.4 Å². The van der Waals surface area contributed by atoms with Crippen LogP contribution in [0.4, 0.5) is 0 Å². The number of carboxylic acid groups (broad SMARTS) is 2. The number of rotatable bonds is 7.